The SMILES string of the molecule is COc1ccc(-n2nc3ccc(NC(=O)c4cc5ccccc5c(Br)c4OC)cc3n2)cc1. The van der Waals surface area contributed by atoms with Crippen molar-refractivity contribution >= 4 is 49.3 Å². The summed E-state index contributed by atoms with van der Waals surface area (Å²) in [6.45, 7) is 0. The van der Waals surface area contributed by atoms with Crippen molar-refractivity contribution in [2.75, 3.05) is 19.5 Å². The monoisotopic (exact) mass is 502 g/mol. The van der Waals surface area contributed by atoms with E-state index >= 15 is 0 Å². The molecular weight excluding hydrogens is 484 g/mol. The van der Waals surface area contributed by atoms with Gasteiger partial charge in [0.15, 0.2) is 0 Å². The van der Waals surface area contributed by atoms with Crippen LogP contribution in [0.1, 0.15) is 10.4 Å². The Balaban J connectivity index is 1.46. The zero-order valence-electron chi connectivity index (χ0n) is 17.9. The maximum absolute atomic E-state index is 13.1. The number of fused-ring (bicyclic) bond motifs is 2. The van der Waals surface area contributed by atoms with Gasteiger partial charge in [0.2, 0.25) is 0 Å². The Bertz CT molecular complexity index is 1500. The van der Waals surface area contributed by atoms with Crippen molar-refractivity contribution in [3.63, 3.8) is 0 Å². The molecule has 5 aromatic rings. The van der Waals surface area contributed by atoms with Gasteiger partial charge in [-0.05, 0) is 75.2 Å². The molecule has 0 radical (unpaired) electrons. The van der Waals surface area contributed by atoms with Gasteiger partial charge in [0.1, 0.15) is 22.5 Å². The minimum Gasteiger partial charge on any atom is -0.497 e. The highest BCUT2D eigenvalue weighted by Gasteiger charge is 2.18. The molecule has 8 heteroatoms. The van der Waals surface area contributed by atoms with E-state index < -0.39 is 0 Å². The first-order valence-electron chi connectivity index (χ1n) is 10.2. The average Bonchev–Trinajstić information content (AvgIpc) is 3.27. The van der Waals surface area contributed by atoms with E-state index in [0.717, 1.165) is 32.2 Å². The second-order valence-electron chi connectivity index (χ2n) is 7.34. The van der Waals surface area contributed by atoms with E-state index in [1.165, 1.54) is 0 Å². The number of methoxy groups -OCH3 is 2. The van der Waals surface area contributed by atoms with Gasteiger partial charge in [-0.2, -0.15) is 4.80 Å². The zero-order chi connectivity index (χ0) is 22.9. The van der Waals surface area contributed by atoms with Crippen LogP contribution in [-0.4, -0.2) is 35.1 Å². The van der Waals surface area contributed by atoms with Crippen molar-refractivity contribution in [2.24, 2.45) is 0 Å². The lowest BCUT2D eigenvalue weighted by Gasteiger charge is -2.13. The van der Waals surface area contributed by atoms with Gasteiger partial charge in [0.05, 0.1) is 29.9 Å². The van der Waals surface area contributed by atoms with E-state index in [1.807, 2.05) is 60.7 Å². The Hall–Kier alpha value is -3.91. The molecule has 1 N–H and O–H groups in total. The largest absolute Gasteiger partial charge is 0.497 e. The number of carbonyl (C=O) groups excluding carboxylic acids is 1. The quantitative estimate of drug-likeness (QED) is 0.338. The number of benzene rings is 4. The molecule has 1 heterocycles. The molecule has 4 aromatic carbocycles. The molecule has 0 saturated heterocycles. The Morgan fingerprint density at radius 3 is 2.42 bits per heavy atom. The highest BCUT2D eigenvalue weighted by atomic mass is 79.9. The Morgan fingerprint density at radius 1 is 0.909 bits per heavy atom. The highest BCUT2D eigenvalue weighted by molar-refractivity contribution is 9.10. The molecule has 0 spiro atoms. The topological polar surface area (TPSA) is 78.3 Å². The van der Waals surface area contributed by atoms with Crippen LogP contribution >= 0.6 is 15.9 Å². The molecule has 164 valence electrons. The summed E-state index contributed by atoms with van der Waals surface area (Å²) in [4.78, 5) is 14.7. The highest BCUT2D eigenvalue weighted by Crippen LogP contribution is 2.37. The average molecular weight is 503 g/mol. The molecule has 33 heavy (non-hydrogen) atoms. The van der Waals surface area contributed by atoms with Crippen molar-refractivity contribution in [1.29, 1.82) is 0 Å². The number of hydrogen-bond donors (Lipinski definition) is 1. The molecule has 0 aliphatic rings. The van der Waals surface area contributed by atoms with Gasteiger partial charge in [0.25, 0.3) is 5.91 Å². The number of carbonyl (C=O) groups is 1. The normalized spacial score (nSPS) is 11.0. The van der Waals surface area contributed by atoms with Crippen LogP contribution in [0.4, 0.5) is 5.69 Å². The standard InChI is InChI=1S/C25H19BrN4O3/c1-32-18-10-8-17(9-11-18)30-28-21-12-7-16(14-22(21)29-30)27-25(31)20-13-15-5-3-4-6-19(15)23(26)24(20)33-2/h3-14H,1-2H3,(H,27,31). The molecule has 0 fully saturated rings. The van der Waals surface area contributed by atoms with E-state index in [9.17, 15) is 4.79 Å². The van der Waals surface area contributed by atoms with E-state index in [4.69, 9.17) is 9.47 Å². The summed E-state index contributed by atoms with van der Waals surface area (Å²) in [5.41, 5.74) is 3.24. The molecular formula is C25H19BrN4O3. The molecule has 0 aliphatic carbocycles. The van der Waals surface area contributed by atoms with Crippen molar-refractivity contribution in [1.82, 2.24) is 15.0 Å². The number of anilines is 1. The van der Waals surface area contributed by atoms with E-state index in [0.29, 0.717) is 22.5 Å². The van der Waals surface area contributed by atoms with Gasteiger partial charge in [-0.15, -0.1) is 10.2 Å². The Kier molecular flexibility index (Phi) is 5.43. The lowest BCUT2D eigenvalue weighted by Crippen LogP contribution is -2.13. The van der Waals surface area contributed by atoms with Crippen LogP contribution in [0.2, 0.25) is 0 Å². The summed E-state index contributed by atoms with van der Waals surface area (Å²) in [7, 11) is 3.17. The van der Waals surface area contributed by atoms with Gasteiger partial charge in [-0.1, -0.05) is 24.3 Å². The smallest absolute Gasteiger partial charge is 0.259 e. The number of halogens is 1. The van der Waals surface area contributed by atoms with Crippen LogP contribution in [-0.2, 0) is 0 Å². The van der Waals surface area contributed by atoms with Gasteiger partial charge < -0.3 is 14.8 Å². The van der Waals surface area contributed by atoms with E-state index in [-0.39, 0.29) is 5.91 Å². The fourth-order valence-corrected chi connectivity index (χ4v) is 4.41. The first kappa shape index (κ1) is 21.0. The number of hydrogen-bond acceptors (Lipinski definition) is 5. The predicted molar refractivity (Wildman–Crippen MR) is 132 cm³/mol. The van der Waals surface area contributed by atoms with Gasteiger partial charge in [-0.25, -0.2) is 0 Å². The van der Waals surface area contributed by atoms with Crippen molar-refractivity contribution < 1.29 is 14.3 Å². The Labute approximate surface area is 198 Å². The summed E-state index contributed by atoms with van der Waals surface area (Å²) in [6, 6.07) is 22.5. The molecule has 0 saturated carbocycles. The molecule has 5 rings (SSSR count). The molecule has 7 nitrogen and oxygen atoms in total. The third-order valence-electron chi connectivity index (χ3n) is 5.33. The number of ether oxygens (including phenoxy) is 2. The fraction of sp³-hybridized carbons (Fsp3) is 0.0800. The number of aromatic nitrogens is 3. The maximum atomic E-state index is 13.1. The van der Waals surface area contributed by atoms with Gasteiger partial charge >= 0.3 is 0 Å². The molecule has 1 amide bonds. The van der Waals surface area contributed by atoms with Crippen LogP contribution in [0.15, 0.2) is 77.3 Å². The molecule has 0 unspecified atom stereocenters. The van der Waals surface area contributed by atoms with Crippen molar-refractivity contribution in [2.45, 2.75) is 0 Å². The number of nitrogens with one attached hydrogen (secondary N) is 1. The third kappa shape index (κ3) is 3.89. The lowest BCUT2D eigenvalue weighted by molar-refractivity contribution is 0.102. The summed E-state index contributed by atoms with van der Waals surface area (Å²) < 4.78 is 11.5. The summed E-state index contributed by atoms with van der Waals surface area (Å²) in [5, 5.41) is 13.9. The predicted octanol–water partition coefficient (Wildman–Crippen LogP) is 5.61. The van der Waals surface area contributed by atoms with E-state index in [2.05, 4.69) is 31.4 Å². The fourth-order valence-electron chi connectivity index (χ4n) is 3.67. The summed E-state index contributed by atoms with van der Waals surface area (Å²) in [5.74, 6) is 0.967. The van der Waals surface area contributed by atoms with Gasteiger partial charge in [-0.3, -0.25) is 4.79 Å². The lowest BCUT2D eigenvalue weighted by atomic mass is 10.1. The third-order valence-corrected chi connectivity index (χ3v) is 6.12. The van der Waals surface area contributed by atoms with E-state index in [1.54, 1.807) is 31.1 Å². The first-order valence-corrected chi connectivity index (χ1v) is 10.9. The molecule has 0 bridgehead atoms. The summed E-state index contributed by atoms with van der Waals surface area (Å²) >= 11 is 3.58. The molecule has 0 atom stereocenters. The zero-order valence-corrected chi connectivity index (χ0v) is 19.5. The minimum absolute atomic E-state index is 0.278. The van der Waals surface area contributed by atoms with Crippen molar-refractivity contribution in [3.8, 4) is 17.2 Å². The minimum atomic E-state index is -0.278. The van der Waals surface area contributed by atoms with Crippen LogP contribution in [0.5, 0.6) is 11.5 Å². The molecule has 1 aromatic heterocycles. The number of rotatable bonds is 5. The van der Waals surface area contributed by atoms with Crippen LogP contribution in [0.3, 0.4) is 0 Å². The maximum Gasteiger partial charge on any atom is 0.259 e. The van der Waals surface area contributed by atoms with Crippen molar-refractivity contribution in [3.05, 3.63) is 82.8 Å². The summed E-state index contributed by atoms with van der Waals surface area (Å²) in [6.07, 6.45) is 0. The van der Waals surface area contributed by atoms with Crippen LogP contribution in [0, 0.1) is 0 Å². The van der Waals surface area contributed by atoms with Crippen LogP contribution < -0.4 is 14.8 Å². The Morgan fingerprint density at radius 2 is 1.67 bits per heavy atom. The second-order valence-corrected chi connectivity index (χ2v) is 8.13. The first-order chi connectivity index (χ1) is 16.1. The number of nitrogens with zero attached hydrogens (tertiary/aromatic N) is 3. The molecule has 0 aliphatic heterocycles. The van der Waals surface area contributed by atoms with Crippen LogP contribution in [0.25, 0.3) is 27.5 Å². The number of amides is 1. The van der Waals surface area contributed by atoms with Gasteiger partial charge in [0, 0.05) is 5.69 Å². The second kappa shape index (κ2) is 8.55.